The average molecular weight is 273 g/mol. The Morgan fingerprint density at radius 3 is 3.00 bits per heavy atom. The fourth-order valence-electron chi connectivity index (χ4n) is 2.23. The second kappa shape index (κ2) is 5.24. The first kappa shape index (κ1) is 13.9. The summed E-state index contributed by atoms with van der Waals surface area (Å²) in [6.45, 7) is 1.75. The molecule has 1 fully saturated rings. The van der Waals surface area contributed by atoms with Crippen molar-refractivity contribution in [3.8, 4) is 0 Å². The second-order valence-corrected chi connectivity index (χ2v) is 4.85. The van der Waals surface area contributed by atoms with Gasteiger partial charge >= 0.3 is 0 Å². The lowest BCUT2D eigenvalue weighted by atomic mass is 9.94. The summed E-state index contributed by atoms with van der Waals surface area (Å²) in [5.74, 6) is -4.06. The van der Waals surface area contributed by atoms with Crippen molar-refractivity contribution < 1.29 is 18.3 Å². The molecule has 1 aromatic heterocycles. The summed E-state index contributed by atoms with van der Waals surface area (Å²) >= 11 is 0. The molecule has 1 amide bonds. The van der Waals surface area contributed by atoms with Gasteiger partial charge in [-0.1, -0.05) is 0 Å². The van der Waals surface area contributed by atoms with Crippen LogP contribution in [0.3, 0.4) is 0 Å². The molecule has 1 aliphatic heterocycles. The van der Waals surface area contributed by atoms with Crippen molar-refractivity contribution in [2.75, 3.05) is 26.8 Å². The van der Waals surface area contributed by atoms with E-state index in [1.807, 2.05) is 0 Å². The molecular weight excluding hydrogens is 256 g/mol. The fourth-order valence-corrected chi connectivity index (χ4v) is 2.23. The van der Waals surface area contributed by atoms with Crippen LogP contribution >= 0.6 is 0 Å². The highest BCUT2D eigenvalue weighted by Crippen LogP contribution is 2.34. The number of methoxy groups -OCH3 is 1. The summed E-state index contributed by atoms with van der Waals surface area (Å²) in [4.78, 5) is 13.5. The first-order valence-corrected chi connectivity index (χ1v) is 6.12. The van der Waals surface area contributed by atoms with Crippen LogP contribution in [0.5, 0.6) is 0 Å². The number of aryl methyl sites for hydroxylation is 1. The SMILES string of the molecule is COCC1CN(C(=O)c2cc(C)[nH]n2)CCC1(F)F. The number of aromatic nitrogens is 2. The first-order chi connectivity index (χ1) is 8.94. The highest BCUT2D eigenvalue weighted by Gasteiger charge is 2.45. The second-order valence-electron chi connectivity index (χ2n) is 4.85. The largest absolute Gasteiger partial charge is 0.384 e. The minimum Gasteiger partial charge on any atom is -0.384 e. The molecule has 1 aromatic rings. The van der Waals surface area contributed by atoms with E-state index in [9.17, 15) is 13.6 Å². The van der Waals surface area contributed by atoms with Crippen molar-refractivity contribution in [2.24, 2.45) is 5.92 Å². The highest BCUT2D eigenvalue weighted by molar-refractivity contribution is 5.92. The van der Waals surface area contributed by atoms with Crippen LogP contribution in [0.4, 0.5) is 8.78 Å². The van der Waals surface area contributed by atoms with Gasteiger partial charge in [-0.25, -0.2) is 8.78 Å². The van der Waals surface area contributed by atoms with E-state index >= 15 is 0 Å². The lowest BCUT2D eigenvalue weighted by molar-refractivity contribution is -0.118. The number of H-pyrrole nitrogens is 1. The van der Waals surface area contributed by atoms with E-state index in [0.29, 0.717) is 0 Å². The lowest BCUT2D eigenvalue weighted by Gasteiger charge is -2.37. The predicted molar refractivity (Wildman–Crippen MR) is 64.2 cm³/mol. The molecule has 0 aliphatic carbocycles. The Kier molecular flexibility index (Phi) is 3.84. The predicted octanol–water partition coefficient (Wildman–Crippen LogP) is 1.46. The number of ether oxygens (including phenoxy) is 1. The Bertz CT molecular complexity index is 462. The van der Waals surface area contributed by atoms with Crippen LogP contribution in [0.2, 0.25) is 0 Å². The van der Waals surface area contributed by atoms with Gasteiger partial charge in [0.1, 0.15) is 5.69 Å². The Morgan fingerprint density at radius 2 is 2.42 bits per heavy atom. The van der Waals surface area contributed by atoms with Crippen molar-refractivity contribution in [2.45, 2.75) is 19.3 Å². The molecule has 1 atom stereocenters. The molecule has 1 saturated heterocycles. The van der Waals surface area contributed by atoms with Crippen LogP contribution < -0.4 is 0 Å². The van der Waals surface area contributed by atoms with Crippen LogP contribution in [0.25, 0.3) is 0 Å². The number of piperidine rings is 1. The van der Waals surface area contributed by atoms with Crippen molar-refractivity contribution in [1.29, 1.82) is 0 Å². The van der Waals surface area contributed by atoms with E-state index < -0.39 is 11.8 Å². The maximum atomic E-state index is 13.7. The maximum Gasteiger partial charge on any atom is 0.274 e. The third-order valence-electron chi connectivity index (χ3n) is 3.33. The van der Waals surface area contributed by atoms with Crippen LogP contribution in [0.15, 0.2) is 6.07 Å². The van der Waals surface area contributed by atoms with Gasteiger partial charge in [-0.2, -0.15) is 5.10 Å². The fraction of sp³-hybridized carbons (Fsp3) is 0.667. The summed E-state index contributed by atoms with van der Waals surface area (Å²) < 4.78 is 32.1. The number of nitrogens with one attached hydrogen (secondary N) is 1. The van der Waals surface area contributed by atoms with Gasteiger partial charge in [0.25, 0.3) is 11.8 Å². The Morgan fingerprint density at radius 1 is 1.68 bits per heavy atom. The molecule has 0 spiro atoms. The monoisotopic (exact) mass is 273 g/mol. The topological polar surface area (TPSA) is 58.2 Å². The lowest BCUT2D eigenvalue weighted by Crippen LogP contribution is -2.50. The van der Waals surface area contributed by atoms with Crippen LogP contribution in [0.1, 0.15) is 22.6 Å². The molecule has 0 bridgehead atoms. The third-order valence-corrected chi connectivity index (χ3v) is 3.33. The summed E-state index contributed by atoms with van der Waals surface area (Å²) in [7, 11) is 1.38. The number of hydrogen-bond acceptors (Lipinski definition) is 3. The molecule has 2 heterocycles. The van der Waals surface area contributed by atoms with Gasteiger partial charge in [-0.3, -0.25) is 9.89 Å². The van der Waals surface area contributed by atoms with E-state index in [-0.39, 0.29) is 37.7 Å². The maximum absolute atomic E-state index is 13.7. The molecular formula is C12H17F2N3O2. The first-order valence-electron chi connectivity index (χ1n) is 6.12. The van der Waals surface area contributed by atoms with Gasteiger partial charge in [0.15, 0.2) is 0 Å². The van der Waals surface area contributed by atoms with Crippen molar-refractivity contribution >= 4 is 5.91 Å². The number of carbonyl (C=O) groups excluding carboxylic acids is 1. The third kappa shape index (κ3) is 2.91. The average Bonchev–Trinajstić information content (AvgIpc) is 2.78. The molecule has 7 heteroatoms. The van der Waals surface area contributed by atoms with E-state index in [1.54, 1.807) is 13.0 Å². The van der Waals surface area contributed by atoms with Gasteiger partial charge in [0.05, 0.1) is 12.5 Å². The molecule has 19 heavy (non-hydrogen) atoms. The number of halogens is 2. The number of aromatic amines is 1. The number of likely N-dealkylation sites (tertiary alicyclic amines) is 1. The smallest absolute Gasteiger partial charge is 0.274 e. The van der Waals surface area contributed by atoms with E-state index in [2.05, 4.69) is 10.2 Å². The minimum absolute atomic E-state index is 0.00835. The van der Waals surface area contributed by atoms with Gasteiger partial charge < -0.3 is 9.64 Å². The van der Waals surface area contributed by atoms with E-state index in [1.165, 1.54) is 12.0 Å². The number of amides is 1. The highest BCUT2D eigenvalue weighted by atomic mass is 19.3. The van der Waals surface area contributed by atoms with Gasteiger partial charge in [-0.15, -0.1) is 0 Å². The van der Waals surface area contributed by atoms with E-state index in [0.717, 1.165) is 5.69 Å². The molecule has 0 radical (unpaired) electrons. The zero-order valence-corrected chi connectivity index (χ0v) is 10.9. The zero-order chi connectivity index (χ0) is 14.0. The zero-order valence-electron chi connectivity index (χ0n) is 10.9. The Hall–Kier alpha value is -1.50. The van der Waals surface area contributed by atoms with Gasteiger partial charge in [-0.05, 0) is 13.0 Å². The van der Waals surface area contributed by atoms with Crippen LogP contribution in [0, 0.1) is 12.8 Å². The molecule has 5 nitrogen and oxygen atoms in total. The Labute approximate surface area is 109 Å². The molecule has 0 saturated carbocycles. The number of rotatable bonds is 3. The quantitative estimate of drug-likeness (QED) is 0.907. The molecule has 2 rings (SSSR count). The number of alkyl halides is 2. The molecule has 1 aliphatic rings. The standard InChI is InChI=1S/C12H17F2N3O2/c1-8-5-10(16-15-8)11(18)17-4-3-12(13,14)9(6-17)7-19-2/h5,9H,3-4,6-7H2,1-2H3,(H,15,16). The summed E-state index contributed by atoms with van der Waals surface area (Å²) in [5, 5.41) is 6.53. The molecule has 0 aromatic carbocycles. The van der Waals surface area contributed by atoms with Crippen molar-refractivity contribution in [3.05, 3.63) is 17.5 Å². The summed E-state index contributed by atoms with van der Waals surface area (Å²) in [5.41, 5.74) is 1.03. The molecule has 106 valence electrons. The van der Waals surface area contributed by atoms with Crippen molar-refractivity contribution in [3.63, 3.8) is 0 Å². The van der Waals surface area contributed by atoms with Gasteiger partial charge in [0, 0.05) is 32.3 Å². The number of nitrogens with zero attached hydrogens (tertiary/aromatic N) is 2. The van der Waals surface area contributed by atoms with Gasteiger partial charge in [0.2, 0.25) is 0 Å². The summed E-state index contributed by atoms with van der Waals surface area (Å²) in [6.07, 6.45) is -0.337. The Balaban J connectivity index is 2.08. The van der Waals surface area contributed by atoms with Crippen LogP contribution in [-0.4, -0.2) is 53.7 Å². The number of carbonyl (C=O) groups is 1. The normalized spacial score (nSPS) is 22.5. The van der Waals surface area contributed by atoms with Crippen LogP contribution in [-0.2, 0) is 4.74 Å². The molecule has 1 N–H and O–H groups in total. The summed E-state index contributed by atoms with van der Waals surface area (Å²) in [6, 6.07) is 1.61. The van der Waals surface area contributed by atoms with E-state index in [4.69, 9.17) is 4.74 Å². The molecule has 1 unspecified atom stereocenters. The minimum atomic E-state index is -2.78. The number of hydrogen-bond donors (Lipinski definition) is 1. The van der Waals surface area contributed by atoms with Crippen molar-refractivity contribution in [1.82, 2.24) is 15.1 Å².